The number of para-hydroxylation sites is 1. The summed E-state index contributed by atoms with van der Waals surface area (Å²) >= 11 is 6.26. The van der Waals surface area contributed by atoms with Crippen LogP contribution in [0.4, 0.5) is 20.6 Å². The molecule has 38 heavy (non-hydrogen) atoms. The minimum Gasteiger partial charge on any atom is -0.477 e. The van der Waals surface area contributed by atoms with Crippen molar-refractivity contribution >= 4 is 45.9 Å². The van der Waals surface area contributed by atoms with Gasteiger partial charge in [-0.05, 0) is 54.1 Å². The Morgan fingerprint density at radius 2 is 1.68 bits per heavy atom. The summed E-state index contributed by atoms with van der Waals surface area (Å²) in [5.74, 6) is -1.72. The van der Waals surface area contributed by atoms with Gasteiger partial charge in [-0.1, -0.05) is 60.1 Å². The smallest absolute Gasteiger partial charge is 0.353 e. The first kappa shape index (κ1) is 25.0. The number of fused-ring (bicyclic) bond motifs is 1. The number of halogens is 2. The van der Waals surface area contributed by atoms with Crippen molar-refractivity contribution in [3.8, 4) is 11.1 Å². The van der Waals surface area contributed by atoms with Crippen LogP contribution in [0.1, 0.15) is 16.1 Å². The van der Waals surface area contributed by atoms with Crippen LogP contribution in [0, 0.1) is 5.82 Å². The molecule has 5 rings (SSSR count). The molecule has 8 heteroatoms. The third kappa shape index (κ3) is 4.84. The summed E-state index contributed by atoms with van der Waals surface area (Å²) in [4.78, 5) is 26.9. The molecule has 1 heterocycles. The Bertz CT molecular complexity index is 1670. The second-order valence-electron chi connectivity index (χ2n) is 8.78. The fourth-order valence-corrected chi connectivity index (χ4v) is 4.73. The molecule has 0 saturated carbocycles. The number of hydrogen-bond donors (Lipinski definition) is 2. The molecule has 5 aromatic rings. The third-order valence-corrected chi connectivity index (χ3v) is 6.57. The molecule has 0 spiro atoms. The summed E-state index contributed by atoms with van der Waals surface area (Å²) in [6, 6.07) is 27.2. The van der Waals surface area contributed by atoms with Crippen molar-refractivity contribution in [2.75, 3.05) is 17.3 Å². The number of anilines is 2. The quantitative estimate of drug-likeness (QED) is 0.240. The van der Waals surface area contributed by atoms with Crippen molar-refractivity contribution in [1.82, 2.24) is 4.57 Å². The van der Waals surface area contributed by atoms with E-state index in [1.165, 1.54) is 11.0 Å². The molecule has 4 aromatic carbocycles. The molecule has 0 radical (unpaired) electrons. The maximum absolute atomic E-state index is 14.9. The molecule has 2 amide bonds. The molecule has 0 atom stereocenters. The molecule has 0 fully saturated rings. The van der Waals surface area contributed by atoms with E-state index in [2.05, 4.69) is 5.32 Å². The summed E-state index contributed by atoms with van der Waals surface area (Å²) in [5, 5.41) is 14.1. The number of amides is 2. The highest BCUT2D eigenvalue weighted by molar-refractivity contribution is 6.31. The summed E-state index contributed by atoms with van der Waals surface area (Å²) in [6.45, 7) is 0.173. The lowest BCUT2D eigenvalue weighted by atomic mass is 10.0. The molecular formula is C30H23ClFN3O3. The SMILES string of the molecule is CN(C(=O)Nc1cccc(Cn2c(C(=O)O)c(-c3ccccc3F)c3cc(Cl)ccc32)c1)c1ccccc1. The predicted molar refractivity (Wildman–Crippen MR) is 149 cm³/mol. The lowest BCUT2D eigenvalue weighted by molar-refractivity contribution is 0.0687. The Morgan fingerprint density at radius 1 is 0.947 bits per heavy atom. The van der Waals surface area contributed by atoms with E-state index in [0.29, 0.717) is 21.6 Å². The molecule has 190 valence electrons. The van der Waals surface area contributed by atoms with Crippen molar-refractivity contribution in [3.05, 3.63) is 119 Å². The number of nitrogens with zero attached hydrogens (tertiary/aromatic N) is 2. The second-order valence-corrected chi connectivity index (χ2v) is 9.22. The van der Waals surface area contributed by atoms with E-state index < -0.39 is 11.8 Å². The molecule has 0 bridgehead atoms. The summed E-state index contributed by atoms with van der Waals surface area (Å²) in [5.41, 5.74) is 3.04. The molecule has 0 aliphatic heterocycles. The largest absolute Gasteiger partial charge is 0.477 e. The lowest BCUT2D eigenvalue weighted by Gasteiger charge is -2.18. The maximum Gasteiger partial charge on any atom is 0.353 e. The predicted octanol–water partition coefficient (Wildman–Crippen LogP) is 7.52. The van der Waals surface area contributed by atoms with Gasteiger partial charge in [-0.3, -0.25) is 4.90 Å². The van der Waals surface area contributed by atoms with Crippen LogP contribution >= 0.6 is 11.6 Å². The van der Waals surface area contributed by atoms with Crippen LogP contribution < -0.4 is 10.2 Å². The summed E-state index contributed by atoms with van der Waals surface area (Å²) < 4.78 is 16.5. The first-order valence-electron chi connectivity index (χ1n) is 11.8. The number of carbonyl (C=O) groups excluding carboxylic acids is 1. The number of urea groups is 1. The molecule has 0 aliphatic rings. The van der Waals surface area contributed by atoms with Gasteiger partial charge in [0.1, 0.15) is 11.5 Å². The minimum atomic E-state index is -1.19. The number of rotatable bonds is 6. The fraction of sp³-hybridized carbons (Fsp3) is 0.0667. The van der Waals surface area contributed by atoms with Gasteiger partial charge in [-0.25, -0.2) is 14.0 Å². The standard InChI is InChI=1S/C30H23ClFN3O3/c1-34(22-10-3-2-4-11-22)30(38)33-21-9-7-8-19(16-21)18-35-26-15-14-20(31)17-24(26)27(28(35)29(36)37)23-12-5-6-13-25(23)32/h2-17H,18H2,1H3,(H,33,38)(H,36,37). The van der Waals surface area contributed by atoms with Gasteiger partial charge in [0.05, 0.1) is 0 Å². The lowest BCUT2D eigenvalue weighted by Crippen LogP contribution is -2.31. The van der Waals surface area contributed by atoms with Crippen LogP contribution in [0.25, 0.3) is 22.0 Å². The number of nitrogens with one attached hydrogen (secondary N) is 1. The Hall–Kier alpha value is -4.62. The van der Waals surface area contributed by atoms with Crippen molar-refractivity contribution in [2.24, 2.45) is 0 Å². The zero-order chi connectivity index (χ0) is 26.8. The van der Waals surface area contributed by atoms with Gasteiger partial charge in [-0.2, -0.15) is 0 Å². The third-order valence-electron chi connectivity index (χ3n) is 6.34. The number of benzene rings is 4. The summed E-state index contributed by atoms with van der Waals surface area (Å²) in [7, 11) is 1.68. The number of aromatic nitrogens is 1. The highest BCUT2D eigenvalue weighted by atomic mass is 35.5. The molecule has 1 aromatic heterocycles. The van der Waals surface area contributed by atoms with E-state index in [0.717, 1.165) is 11.3 Å². The van der Waals surface area contributed by atoms with Gasteiger partial charge in [0.2, 0.25) is 0 Å². The maximum atomic E-state index is 14.9. The van der Waals surface area contributed by atoms with Gasteiger partial charge in [0.15, 0.2) is 0 Å². The van der Waals surface area contributed by atoms with Gasteiger partial charge in [-0.15, -0.1) is 0 Å². The zero-order valence-corrected chi connectivity index (χ0v) is 21.1. The molecule has 6 nitrogen and oxygen atoms in total. The first-order chi connectivity index (χ1) is 18.3. The van der Waals surface area contributed by atoms with Gasteiger partial charge >= 0.3 is 12.0 Å². The fourth-order valence-electron chi connectivity index (χ4n) is 4.56. The average Bonchev–Trinajstić information content (AvgIpc) is 3.22. The molecule has 0 unspecified atom stereocenters. The minimum absolute atomic E-state index is 0.0504. The van der Waals surface area contributed by atoms with Gasteiger partial charge < -0.3 is 15.0 Å². The number of carboxylic acids is 1. The van der Waals surface area contributed by atoms with E-state index in [1.54, 1.807) is 66.2 Å². The van der Waals surface area contributed by atoms with Crippen LogP contribution in [0.15, 0.2) is 97.1 Å². The zero-order valence-electron chi connectivity index (χ0n) is 20.4. The van der Waals surface area contributed by atoms with E-state index in [-0.39, 0.29) is 29.4 Å². The topological polar surface area (TPSA) is 74.6 Å². The van der Waals surface area contributed by atoms with Crippen LogP contribution in [-0.4, -0.2) is 28.7 Å². The Kier molecular flexibility index (Phi) is 6.85. The number of carbonyl (C=O) groups is 2. The number of aromatic carboxylic acids is 1. The van der Waals surface area contributed by atoms with E-state index >= 15 is 0 Å². The van der Waals surface area contributed by atoms with Crippen LogP contribution in [-0.2, 0) is 6.54 Å². The molecule has 0 aliphatic carbocycles. The Labute approximate surface area is 223 Å². The van der Waals surface area contributed by atoms with Crippen molar-refractivity contribution < 1.29 is 19.1 Å². The number of carboxylic acid groups (broad SMARTS) is 1. The van der Waals surface area contributed by atoms with Crippen LogP contribution in [0.2, 0.25) is 5.02 Å². The van der Waals surface area contributed by atoms with Crippen LogP contribution in [0.3, 0.4) is 0 Å². The molecular weight excluding hydrogens is 505 g/mol. The molecule has 2 N–H and O–H groups in total. The highest BCUT2D eigenvalue weighted by Gasteiger charge is 2.25. The Morgan fingerprint density at radius 3 is 2.42 bits per heavy atom. The van der Waals surface area contributed by atoms with Gasteiger partial charge in [0.25, 0.3) is 0 Å². The highest BCUT2D eigenvalue weighted by Crippen LogP contribution is 2.38. The van der Waals surface area contributed by atoms with E-state index in [9.17, 15) is 19.1 Å². The van der Waals surface area contributed by atoms with Crippen LogP contribution in [0.5, 0.6) is 0 Å². The van der Waals surface area contributed by atoms with Crippen molar-refractivity contribution in [2.45, 2.75) is 6.54 Å². The van der Waals surface area contributed by atoms with Gasteiger partial charge in [0, 0.05) is 52.0 Å². The van der Waals surface area contributed by atoms with Crippen molar-refractivity contribution in [1.29, 1.82) is 0 Å². The normalized spacial score (nSPS) is 10.9. The Balaban J connectivity index is 1.54. The average molecular weight is 528 g/mol. The molecule has 0 saturated heterocycles. The monoisotopic (exact) mass is 527 g/mol. The second kappa shape index (κ2) is 10.4. The van der Waals surface area contributed by atoms with Crippen molar-refractivity contribution in [3.63, 3.8) is 0 Å². The first-order valence-corrected chi connectivity index (χ1v) is 12.2. The van der Waals surface area contributed by atoms with E-state index in [4.69, 9.17) is 11.6 Å². The summed E-state index contributed by atoms with van der Waals surface area (Å²) in [6.07, 6.45) is 0. The number of hydrogen-bond acceptors (Lipinski definition) is 2. The van der Waals surface area contributed by atoms with E-state index in [1.807, 2.05) is 36.4 Å².